The molecule has 0 aromatic heterocycles. The van der Waals surface area contributed by atoms with E-state index in [1.54, 1.807) is 4.90 Å². The number of carboxylic acid groups (broad SMARTS) is 1. The number of carbonyl (C=O) groups is 3. The molecule has 4 rings (SSSR count). The predicted molar refractivity (Wildman–Crippen MR) is 119 cm³/mol. The molecule has 160 valence electrons. The Balaban J connectivity index is 1.94. The second-order valence-electron chi connectivity index (χ2n) is 8.95. The van der Waals surface area contributed by atoms with Gasteiger partial charge in [-0.2, -0.15) is 0 Å². The Kier molecular flexibility index (Phi) is 5.39. The molecule has 2 aliphatic rings. The molecule has 0 spiro atoms. The van der Waals surface area contributed by atoms with Crippen molar-refractivity contribution in [2.45, 2.75) is 45.6 Å². The first-order valence-corrected chi connectivity index (χ1v) is 10.5. The Morgan fingerprint density at radius 2 is 1.71 bits per heavy atom. The van der Waals surface area contributed by atoms with Gasteiger partial charge in [0, 0.05) is 24.1 Å². The number of ketones is 1. The zero-order chi connectivity index (χ0) is 22.2. The topological polar surface area (TPSA) is 86.7 Å². The molecule has 1 aliphatic carbocycles. The summed E-state index contributed by atoms with van der Waals surface area (Å²) in [7, 11) is 0. The highest BCUT2D eigenvalue weighted by Crippen LogP contribution is 2.48. The summed E-state index contributed by atoms with van der Waals surface area (Å²) in [6.07, 6.45) is 0.669. The second kappa shape index (κ2) is 8.02. The minimum atomic E-state index is -1.03. The number of amides is 1. The van der Waals surface area contributed by atoms with Crippen LogP contribution in [0.4, 0.5) is 11.4 Å². The third-order valence-corrected chi connectivity index (χ3v) is 5.84. The molecule has 1 atom stereocenters. The zero-order valence-corrected chi connectivity index (χ0v) is 17.7. The second-order valence-corrected chi connectivity index (χ2v) is 8.95. The lowest BCUT2D eigenvalue weighted by Gasteiger charge is -2.37. The summed E-state index contributed by atoms with van der Waals surface area (Å²) in [5, 5.41) is 12.6. The van der Waals surface area contributed by atoms with Gasteiger partial charge < -0.3 is 10.4 Å². The molecule has 31 heavy (non-hydrogen) atoms. The number of nitrogens with zero attached hydrogens (tertiary/aromatic N) is 1. The van der Waals surface area contributed by atoms with E-state index < -0.39 is 12.0 Å². The first-order valence-electron chi connectivity index (χ1n) is 10.5. The van der Waals surface area contributed by atoms with Crippen LogP contribution >= 0.6 is 0 Å². The molecule has 6 heteroatoms. The summed E-state index contributed by atoms with van der Waals surface area (Å²) < 4.78 is 0. The van der Waals surface area contributed by atoms with Crippen LogP contribution in [-0.4, -0.2) is 22.8 Å². The first-order chi connectivity index (χ1) is 14.8. The van der Waals surface area contributed by atoms with Crippen molar-refractivity contribution in [3.63, 3.8) is 0 Å². The van der Waals surface area contributed by atoms with Gasteiger partial charge in [0.1, 0.15) is 0 Å². The maximum absolute atomic E-state index is 13.4. The molecule has 1 aliphatic heterocycles. The van der Waals surface area contributed by atoms with Gasteiger partial charge in [0.25, 0.3) is 0 Å². The highest BCUT2D eigenvalue weighted by molar-refractivity contribution is 6.06. The van der Waals surface area contributed by atoms with Crippen LogP contribution in [0.25, 0.3) is 0 Å². The highest BCUT2D eigenvalue weighted by Gasteiger charge is 2.43. The summed E-state index contributed by atoms with van der Waals surface area (Å²) >= 11 is 0. The van der Waals surface area contributed by atoms with E-state index in [9.17, 15) is 14.4 Å². The minimum absolute atomic E-state index is 0.0106. The fourth-order valence-electron chi connectivity index (χ4n) is 4.55. The van der Waals surface area contributed by atoms with Crippen LogP contribution < -0.4 is 10.2 Å². The summed E-state index contributed by atoms with van der Waals surface area (Å²) in [6, 6.07) is 16.3. The Morgan fingerprint density at radius 3 is 2.42 bits per heavy atom. The number of rotatable bonds is 4. The molecule has 0 bridgehead atoms. The van der Waals surface area contributed by atoms with Crippen LogP contribution in [0.3, 0.4) is 0 Å². The average Bonchev–Trinajstić information content (AvgIpc) is 2.86. The lowest BCUT2D eigenvalue weighted by Crippen LogP contribution is -2.39. The van der Waals surface area contributed by atoms with E-state index in [1.807, 2.05) is 54.6 Å². The molecule has 2 aromatic carbocycles. The van der Waals surface area contributed by atoms with Gasteiger partial charge in [-0.3, -0.25) is 19.3 Å². The summed E-state index contributed by atoms with van der Waals surface area (Å²) in [5.74, 6) is -1.34. The van der Waals surface area contributed by atoms with Crippen LogP contribution in [0.5, 0.6) is 0 Å². The third-order valence-electron chi connectivity index (χ3n) is 5.84. The Morgan fingerprint density at radius 1 is 1.03 bits per heavy atom. The Bertz CT molecular complexity index is 1070. The molecular weight excluding hydrogens is 392 g/mol. The van der Waals surface area contributed by atoms with Gasteiger partial charge >= 0.3 is 5.97 Å². The van der Waals surface area contributed by atoms with Gasteiger partial charge in [0.2, 0.25) is 5.91 Å². The van der Waals surface area contributed by atoms with Crippen LogP contribution in [0.15, 0.2) is 65.9 Å². The molecule has 0 radical (unpaired) electrons. The molecule has 0 fully saturated rings. The number of aliphatic carboxylic acids is 1. The molecule has 1 amide bonds. The van der Waals surface area contributed by atoms with E-state index in [0.717, 1.165) is 16.9 Å². The standard InChI is InChI=1S/C25H26N2O4/c1-25(2)14-18-23(20(28)15-25)24(16-8-4-3-5-9-16)27(21(29)12-13-22(30)31)19-11-7-6-10-17(19)26-18/h3-11,24,26H,12-15H2,1-2H3,(H,30,31)/t24-/m0/s1. The number of fused-ring (bicyclic) bond motifs is 1. The van der Waals surface area contributed by atoms with Gasteiger partial charge in [-0.05, 0) is 29.5 Å². The smallest absolute Gasteiger partial charge is 0.303 e. The molecule has 2 aromatic rings. The van der Waals surface area contributed by atoms with Gasteiger partial charge in [-0.25, -0.2) is 0 Å². The van der Waals surface area contributed by atoms with Crippen molar-refractivity contribution >= 4 is 29.0 Å². The van der Waals surface area contributed by atoms with Crippen molar-refractivity contribution in [2.24, 2.45) is 5.41 Å². The van der Waals surface area contributed by atoms with Crippen LogP contribution in [0.1, 0.15) is 51.1 Å². The van der Waals surface area contributed by atoms with Crippen molar-refractivity contribution in [3.05, 3.63) is 71.4 Å². The van der Waals surface area contributed by atoms with E-state index in [0.29, 0.717) is 24.1 Å². The fraction of sp³-hybridized carbons (Fsp3) is 0.320. The summed E-state index contributed by atoms with van der Waals surface area (Å²) in [4.78, 5) is 39.6. The lowest BCUT2D eigenvalue weighted by atomic mass is 9.73. The molecular formula is C25H26N2O4. The molecule has 2 N–H and O–H groups in total. The number of para-hydroxylation sites is 2. The van der Waals surface area contributed by atoms with Crippen molar-refractivity contribution in [3.8, 4) is 0 Å². The number of Topliss-reactive ketones (excluding diaryl/α,β-unsaturated/α-hetero) is 1. The average molecular weight is 418 g/mol. The number of carbonyl (C=O) groups excluding carboxylic acids is 2. The van der Waals surface area contributed by atoms with Crippen molar-refractivity contribution in [1.29, 1.82) is 0 Å². The van der Waals surface area contributed by atoms with Crippen LogP contribution in [-0.2, 0) is 14.4 Å². The van der Waals surface area contributed by atoms with E-state index >= 15 is 0 Å². The van der Waals surface area contributed by atoms with E-state index in [4.69, 9.17) is 5.11 Å². The number of allylic oxidation sites excluding steroid dienone is 1. The van der Waals surface area contributed by atoms with Gasteiger partial charge in [0.05, 0.1) is 23.8 Å². The monoisotopic (exact) mass is 418 g/mol. The van der Waals surface area contributed by atoms with Crippen LogP contribution in [0, 0.1) is 5.41 Å². The summed E-state index contributed by atoms with van der Waals surface area (Å²) in [5.41, 5.74) is 3.43. The van der Waals surface area contributed by atoms with Crippen molar-refractivity contribution in [1.82, 2.24) is 0 Å². The van der Waals surface area contributed by atoms with Crippen molar-refractivity contribution < 1.29 is 19.5 Å². The number of benzene rings is 2. The largest absolute Gasteiger partial charge is 0.481 e. The van der Waals surface area contributed by atoms with Gasteiger partial charge in [-0.15, -0.1) is 0 Å². The fourth-order valence-corrected chi connectivity index (χ4v) is 4.55. The summed E-state index contributed by atoms with van der Waals surface area (Å²) in [6.45, 7) is 4.14. The normalized spacial score (nSPS) is 19.7. The number of anilines is 2. The minimum Gasteiger partial charge on any atom is -0.481 e. The lowest BCUT2D eigenvalue weighted by molar-refractivity contribution is -0.138. The number of hydrogen-bond donors (Lipinski definition) is 2. The van der Waals surface area contributed by atoms with E-state index in [2.05, 4.69) is 19.2 Å². The third kappa shape index (κ3) is 4.10. The quantitative estimate of drug-likeness (QED) is 0.752. The van der Waals surface area contributed by atoms with Gasteiger partial charge in [-0.1, -0.05) is 56.3 Å². The Labute approximate surface area is 181 Å². The molecule has 6 nitrogen and oxygen atoms in total. The SMILES string of the molecule is CC1(C)CC(=O)C2=C(C1)Nc1ccccc1N(C(=O)CCC(=O)O)[C@H]2c1ccccc1. The molecule has 0 unspecified atom stereocenters. The maximum atomic E-state index is 13.4. The van der Waals surface area contributed by atoms with Gasteiger partial charge in [0.15, 0.2) is 5.78 Å². The maximum Gasteiger partial charge on any atom is 0.303 e. The first kappa shape index (κ1) is 20.8. The van der Waals surface area contributed by atoms with E-state index in [1.165, 1.54) is 0 Å². The molecule has 1 heterocycles. The zero-order valence-electron chi connectivity index (χ0n) is 17.7. The van der Waals surface area contributed by atoms with E-state index in [-0.39, 0.29) is 29.9 Å². The number of nitrogens with one attached hydrogen (secondary N) is 1. The number of hydrogen-bond acceptors (Lipinski definition) is 4. The molecule has 0 saturated heterocycles. The molecule has 0 saturated carbocycles. The predicted octanol–water partition coefficient (Wildman–Crippen LogP) is 4.69. The van der Waals surface area contributed by atoms with Crippen molar-refractivity contribution in [2.75, 3.05) is 10.2 Å². The van der Waals surface area contributed by atoms with Crippen LogP contribution in [0.2, 0.25) is 0 Å². The Hall–Kier alpha value is -3.41. The number of carboxylic acids is 1. The highest BCUT2D eigenvalue weighted by atomic mass is 16.4.